The minimum Gasteiger partial charge on any atom is -0.176 e. The van der Waals surface area contributed by atoms with E-state index in [9.17, 15) is 0 Å². The van der Waals surface area contributed by atoms with Crippen LogP contribution in [0.3, 0.4) is 0 Å². The molecule has 0 fully saturated rings. The molecule has 0 saturated heterocycles. The number of rotatable bonds is 3. The van der Waals surface area contributed by atoms with Crippen LogP contribution in [0.25, 0.3) is 0 Å². The molecule has 0 aliphatic heterocycles. The van der Waals surface area contributed by atoms with Crippen molar-refractivity contribution in [2.75, 3.05) is 0 Å². The van der Waals surface area contributed by atoms with E-state index in [1.54, 1.807) is 0 Å². The van der Waals surface area contributed by atoms with E-state index in [1.165, 1.54) is 12.8 Å². The molecule has 0 radical (unpaired) electrons. The average Bonchev–Trinajstić information content (AvgIpc) is 1.53. The van der Waals surface area contributed by atoms with Crippen molar-refractivity contribution in [3.63, 3.8) is 0 Å². The van der Waals surface area contributed by atoms with Crippen LogP contribution in [0.15, 0.2) is 0 Å². The molecule has 0 aliphatic carbocycles. The molecular formula is C10H22S. The molecule has 68 valence electrons. The summed E-state index contributed by atoms with van der Waals surface area (Å²) >= 11 is 4.39. The van der Waals surface area contributed by atoms with Crippen LogP contribution < -0.4 is 0 Å². The maximum Gasteiger partial charge on any atom is -0.000905 e. The first-order valence-electron chi connectivity index (χ1n) is 4.49. The predicted octanol–water partition coefficient (Wildman–Crippen LogP) is 3.77. The van der Waals surface area contributed by atoms with Gasteiger partial charge in [-0.1, -0.05) is 34.6 Å². The monoisotopic (exact) mass is 174 g/mol. The van der Waals surface area contributed by atoms with Crippen molar-refractivity contribution >= 4 is 12.6 Å². The Morgan fingerprint density at radius 3 is 1.91 bits per heavy atom. The van der Waals surface area contributed by atoms with Gasteiger partial charge in [0.15, 0.2) is 0 Å². The van der Waals surface area contributed by atoms with Crippen molar-refractivity contribution in [1.82, 2.24) is 0 Å². The fraction of sp³-hybridized carbons (Fsp3) is 1.00. The predicted molar refractivity (Wildman–Crippen MR) is 56.3 cm³/mol. The summed E-state index contributed by atoms with van der Waals surface area (Å²) in [5, 5.41) is 0.548. The fourth-order valence-corrected chi connectivity index (χ4v) is 2.07. The van der Waals surface area contributed by atoms with Crippen LogP contribution in [0.2, 0.25) is 0 Å². The number of hydrogen-bond donors (Lipinski definition) is 1. The Hall–Kier alpha value is 0.350. The molecule has 2 unspecified atom stereocenters. The third kappa shape index (κ3) is 8.25. The molecule has 0 aromatic heterocycles. The lowest BCUT2D eigenvalue weighted by Gasteiger charge is -2.23. The summed E-state index contributed by atoms with van der Waals surface area (Å²) in [4.78, 5) is 0. The lowest BCUT2D eigenvalue weighted by molar-refractivity contribution is 0.297. The van der Waals surface area contributed by atoms with E-state index in [4.69, 9.17) is 0 Å². The lowest BCUT2D eigenvalue weighted by atomic mass is 9.84. The van der Waals surface area contributed by atoms with Gasteiger partial charge < -0.3 is 0 Å². The highest BCUT2D eigenvalue weighted by Gasteiger charge is 2.15. The molecule has 0 nitrogen and oxygen atoms in total. The maximum atomic E-state index is 4.39. The van der Waals surface area contributed by atoms with Crippen LogP contribution in [0.5, 0.6) is 0 Å². The number of hydrogen-bond acceptors (Lipinski definition) is 1. The first-order valence-corrected chi connectivity index (χ1v) is 5.01. The molecule has 0 N–H and O–H groups in total. The zero-order valence-electron chi connectivity index (χ0n) is 8.52. The third-order valence-corrected chi connectivity index (χ3v) is 1.92. The summed E-state index contributed by atoms with van der Waals surface area (Å²) < 4.78 is 0. The van der Waals surface area contributed by atoms with Crippen LogP contribution in [0.4, 0.5) is 0 Å². The molecule has 0 bridgehead atoms. The van der Waals surface area contributed by atoms with Crippen LogP contribution >= 0.6 is 12.6 Å². The molecular weight excluding hydrogens is 152 g/mol. The second-order valence-electron chi connectivity index (χ2n) is 4.95. The van der Waals surface area contributed by atoms with E-state index >= 15 is 0 Å². The summed E-state index contributed by atoms with van der Waals surface area (Å²) in [5.74, 6) is 0.808. The van der Waals surface area contributed by atoms with Crippen molar-refractivity contribution in [3.8, 4) is 0 Å². The Morgan fingerprint density at radius 2 is 1.64 bits per heavy atom. The maximum absolute atomic E-state index is 4.39. The average molecular weight is 174 g/mol. The highest BCUT2D eigenvalue weighted by atomic mass is 32.1. The molecule has 0 spiro atoms. The Morgan fingerprint density at radius 1 is 1.18 bits per heavy atom. The Labute approximate surface area is 77.2 Å². The number of thiol groups is 1. The van der Waals surface area contributed by atoms with Crippen molar-refractivity contribution in [1.29, 1.82) is 0 Å². The van der Waals surface area contributed by atoms with Crippen molar-refractivity contribution in [2.24, 2.45) is 11.3 Å². The van der Waals surface area contributed by atoms with Crippen molar-refractivity contribution in [3.05, 3.63) is 0 Å². The van der Waals surface area contributed by atoms with Crippen LogP contribution in [0, 0.1) is 11.3 Å². The van der Waals surface area contributed by atoms with Crippen molar-refractivity contribution < 1.29 is 0 Å². The van der Waals surface area contributed by atoms with E-state index in [-0.39, 0.29) is 0 Å². The smallest absolute Gasteiger partial charge is 0.000905 e. The van der Waals surface area contributed by atoms with E-state index in [0.717, 1.165) is 5.92 Å². The Bertz CT molecular complexity index is 99.9. The van der Waals surface area contributed by atoms with Gasteiger partial charge in [0, 0.05) is 0 Å². The zero-order chi connectivity index (χ0) is 9.07. The molecule has 0 aromatic carbocycles. The molecule has 0 heterocycles. The third-order valence-electron chi connectivity index (χ3n) is 1.70. The Balaban J connectivity index is 3.61. The van der Waals surface area contributed by atoms with E-state index in [2.05, 4.69) is 47.2 Å². The van der Waals surface area contributed by atoms with Gasteiger partial charge in [-0.05, 0) is 29.4 Å². The quantitative estimate of drug-likeness (QED) is 0.619. The summed E-state index contributed by atoms with van der Waals surface area (Å²) in [5.41, 5.74) is 0.474. The normalized spacial score (nSPS) is 18.0. The van der Waals surface area contributed by atoms with Crippen LogP contribution in [-0.2, 0) is 0 Å². The van der Waals surface area contributed by atoms with E-state index in [1.807, 2.05) is 0 Å². The molecule has 0 rings (SSSR count). The SMILES string of the molecule is CC(S)CC(C)CC(C)(C)C. The zero-order valence-corrected chi connectivity index (χ0v) is 9.41. The van der Waals surface area contributed by atoms with Gasteiger partial charge in [-0.25, -0.2) is 0 Å². The van der Waals surface area contributed by atoms with Gasteiger partial charge in [0.05, 0.1) is 0 Å². The first kappa shape index (κ1) is 11.4. The first-order chi connectivity index (χ1) is 4.81. The summed E-state index contributed by atoms with van der Waals surface area (Å²) in [6, 6.07) is 0. The highest BCUT2D eigenvalue weighted by molar-refractivity contribution is 7.80. The topological polar surface area (TPSA) is 0 Å². The van der Waals surface area contributed by atoms with Gasteiger partial charge >= 0.3 is 0 Å². The van der Waals surface area contributed by atoms with Crippen molar-refractivity contribution in [2.45, 2.75) is 52.7 Å². The fourth-order valence-electron chi connectivity index (χ4n) is 1.71. The summed E-state index contributed by atoms with van der Waals surface area (Å²) in [7, 11) is 0. The van der Waals surface area contributed by atoms with Gasteiger partial charge in [-0.15, -0.1) is 0 Å². The largest absolute Gasteiger partial charge is 0.176 e. The Kier molecular flexibility index (Phi) is 4.53. The molecule has 11 heavy (non-hydrogen) atoms. The lowest BCUT2D eigenvalue weighted by Crippen LogP contribution is -2.13. The molecule has 0 amide bonds. The minimum absolute atomic E-state index is 0.474. The van der Waals surface area contributed by atoms with Crippen LogP contribution in [0.1, 0.15) is 47.5 Å². The van der Waals surface area contributed by atoms with Gasteiger partial charge in [0.1, 0.15) is 0 Å². The van der Waals surface area contributed by atoms with Gasteiger partial charge in [-0.3, -0.25) is 0 Å². The standard InChI is InChI=1S/C10H22S/c1-8(6-9(2)11)7-10(3,4)5/h8-9,11H,6-7H2,1-5H3. The van der Waals surface area contributed by atoms with E-state index in [0.29, 0.717) is 10.7 Å². The highest BCUT2D eigenvalue weighted by Crippen LogP contribution is 2.27. The molecule has 0 aliphatic rings. The van der Waals surface area contributed by atoms with Crippen LogP contribution in [-0.4, -0.2) is 5.25 Å². The van der Waals surface area contributed by atoms with Gasteiger partial charge in [0.25, 0.3) is 0 Å². The second kappa shape index (κ2) is 4.39. The molecule has 2 atom stereocenters. The molecule has 1 heteroatoms. The molecule has 0 aromatic rings. The van der Waals surface area contributed by atoms with Gasteiger partial charge in [-0.2, -0.15) is 12.6 Å². The van der Waals surface area contributed by atoms with Gasteiger partial charge in [0.2, 0.25) is 0 Å². The second-order valence-corrected chi connectivity index (χ2v) is 5.84. The van der Waals surface area contributed by atoms with E-state index < -0.39 is 0 Å². The minimum atomic E-state index is 0.474. The molecule has 0 saturated carbocycles. The summed E-state index contributed by atoms with van der Waals surface area (Å²) in [6.45, 7) is 11.4. The summed E-state index contributed by atoms with van der Waals surface area (Å²) in [6.07, 6.45) is 2.54.